The van der Waals surface area contributed by atoms with Gasteiger partial charge < -0.3 is 11.5 Å². The molecule has 0 aliphatic rings. The second-order valence-electron chi connectivity index (χ2n) is 5.83. The lowest BCUT2D eigenvalue weighted by molar-refractivity contribution is 0.484. The van der Waals surface area contributed by atoms with Gasteiger partial charge in [0.05, 0.1) is 0 Å². The van der Waals surface area contributed by atoms with E-state index in [1.54, 1.807) is 0 Å². The molecule has 118 valence electrons. The first-order valence-electron chi connectivity index (χ1n) is 8.54. The number of rotatable bonds is 14. The summed E-state index contributed by atoms with van der Waals surface area (Å²) in [6.07, 6.45) is 16.9. The van der Waals surface area contributed by atoms with Gasteiger partial charge in [-0.05, 0) is 26.3 Å². The van der Waals surface area contributed by atoms with E-state index in [1.807, 2.05) is 0 Å². The van der Waals surface area contributed by atoms with E-state index in [0.717, 1.165) is 0 Å². The summed E-state index contributed by atoms with van der Waals surface area (Å²) in [6, 6.07) is 0.716. The van der Waals surface area contributed by atoms with Crippen LogP contribution in [0, 0.1) is 0 Å². The molecule has 0 saturated carbocycles. The summed E-state index contributed by atoms with van der Waals surface area (Å²) in [5.74, 6) is 0. The Balaban J connectivity index is 0. The first kappa shape index (κ1) is 21.2. The van der Waals surface area contributed by atoms with Crippen molar-refractivity contribution < 1.29 is 0 Å². The van der Waals surface area contributed by atoms with Crippen LogP contribution in [0.15, 0.2) is 0 Å². The van der Waals surface area contributed by atoms with Crippen LogP contribution in [0.1, 0.15) is 97.8 Å². The maximum atomic E-state index is 3.61. The van der Waals surface area contributed by atoms with E-state index >= 15 is 0 Å². The van der Waals surface area contributed by atoms with Gasteiger partial charge in [0, 0.05) is 6.04 Å². The lowest BCUT2D eigenvalue weighted by atomic mass is 10.1. The molecule has 0 bridgehead atoms. The maximum absolute atomic E-state index is 3.61. The molecule has 0 saturated heterocycles. The normalized spacial score (nSPS) is 12.2. The minimum Gasteiger partial charge on any atom is -0.344 e. The molecule has 0 aromatic heterocycles. The summed E-state index contributed by atoms with van der Waals surface area (Å²) < 4.78 is 0. The summed E-state index contributed by atoms with van der Waals surface area (Å²) >= 11 is 0. The first-order chi connectivity index (χ1) is 8.81. The van der Waals surface area contributed by atoms with E-state index in [-0.39, 0.29) is 6.15 Å². The third-order valence-electron chi connectivity index (χ3n) is 3.74. The minimum absolute atomic E-state index is 0. The van der Waals surface area contributed by atoms with E-state index in [9.17, 15) is 0 Å². The monoisotopic (exact) mass is 272 g/mol. The molecule has 0 rings (SSSR count). The summed E-state index contributed by atoms with van der Waals surface area (Å²) in [7, 11) is 0. The largest absolute Gasteiger partial charge is 0.344 e. The van der Waals surface area contributed by atoms with Crippen molar-refractivity contribution >= 4 is 0 Å². The fraction of sp³-hybridized carbons (Fsp3) is 1.00. The topological polar surface area (TPSA) is 47.0 Å². The average Bonchev–Trinajstić information content (AvgIpc) is 2.36. The van der Waals surface area contributed by atoms with Crippen LogP contribution in [0.3, 0.4) is 0 Å². The van der Waals surface area contributed by atoms with Crippen molar-refractivity contribution in [3.63, 3.8) is 0 Å². The molecular weight excluding hydrogens is 232 g/mol. The van der Waals surface area contributed by atoms with E-state index in [1.165, 1.54) is 83.6 Å². The molecule has 19 heavy (non-hydrogen) atoms. The standard InChI is InChI=1S/C17H37N.H3N/c1-4-6-7-8-9-10-11-12-13-14-16-18-17(3)15-5-2;/h17-18H,4-16H2,1-3H3;1H3. The lowest BCUT2D eigenvalue weighted by Gasteiger charge is -2.12. The highest BCUT2D eigenvalue weighted by molar-refractivity contribution is 4.59. The Hall–Kier alpha value is -0.0800. The number of unbranched alkanes of at least 4 members (excludes halogenated alkanes) is 9. The van der Waals surface area contributed by atoms with Crippen LogP contribution in [-0.2, 0) is 0 Å². The van der Waals surface area contributed by atoms with E-state index < -0.39 is 0 Å². The Labute approximate surface area is 122 Å². The highest BCUT2D eigenvalue weighted by atomic mass is 14.9. The van der Waals surface area contributed by atoms with Crippen molar-refractivity contribution in [1.29, 1.82) is 0 Å². The van der Waals surface area contributed by atoms with E-state index in [4.69, 9.17) is 0 Å². The Morgan fingerprint density at radius 2 is 1.16 bits per heavy atom. The molecule has 0 spiro atoms. The average molecular weight is 273 g/mol. The third kappa shape index (κ3) is 17.9. The van der Waals surface area contributed by atoms with Crippen LogP contribution in [0.2, 0.25) is 0 Å². The van der Waals surface area contributed by atoms with Crippen LogP contribution in [0.25, 0.3) is 0 Å². The second-order valence-corrected chi connectivity index (χ2v) is 5.83. The molecular formula is C17H40N2. The predicted molar refractivity (Wildman–Crippen MR) is 89.2 cm³/mol. The zero-order chi connectivity index (χ0) is 13.5. The molecule has 0 amide bonds. The van der Waals surface area contributed by atoms with Gasteiger partial charge in [-0.15, -0.1) is 0 Å². The van der Waals surface area contributed by atoms with Gasteiger partial charge in [-0.1, -0.05) is 78.1 Å². The van der Waals surface area contributed by atoms with Crippen LogP contribution in [0.5, 0.6) is 0 Å². The first-order valence-corrected chi connectivity index (χ1v) is 8.54. The molecule has 1 atom stereocenters. The molecule has 2 heteroatoms. The maximum Gasteiger partial charge on any atom is 0.00386 e. The van der Waals surface area contributed by atoms with Crippen molar-refractivity contribution in [3.05, 3.63) is 0 Å². The highest BCUT2D eigenvalue weighted by Gasteiger charge is 1.98. The van der Waals surface area contributed by atoms with Crippen LogP contribution in [-0.4, -0.2) is 12.6 Å². The smallest absolute Gasteiger partial charge is 0.00386 e. The van der Waals surface area contributed by atoms with Crippen molar-refractivity contribution in [2.75, 3.05) is 6.54 Å². The SMILES string of the molecule is CCCCCCCCCCCCNC(C)CCC.N. The van der Waals surface area contributed by atoms with Crippen LogP contribution >= 0.6 is 0 Å². The summed E-state index contributed by atoms with van der Waals surface area (Å²) in [5, 5.41) is 3.61. The quantitative estimate of drug-likeness (QED) is 0.390. The van der Waals surface area contributed by atoms with Gasteiger partial charge in [0.15, 0.2) is 0 Å². The number of hydrogen-bond donors (Lipinski definition) is 2. The van der Waals surface area contributed by atoms with Crippen molar-refractivity contribution in [1.82, 2.24) is 11.5 Å². The Morgan fingerprint density at radius 3 is 1.63 bits per heavy atom. The Morgan fingerprint density at radius 1 is 0.684 bits per heavy atom. The van der Waals surface area contributed by atoms with Gasteiger partial charge in [-0.2, -0.15) is 0 Å². The summed E-state index contributed by atoms with van der Waals surface area (Å²) in [6.45, 7) is 8.07. The molecule has 0 aliphatic heterocycles. The van der Waals surface area contributed by atoms with Gasteiger partial charge in [0.25, 0.3) is 0 Å². The molecule has 0 radical (unpaired) electrons. The van der Waals surface area contributed by atoms with E-state index in [0.29, 0.717) is 6.04 Å². The molecule has 0 aliphatic carbocycles. The minimum atomic E-state index is 0. The Bertz CT molecular complexity index is 148. The van der Waals surface area contributed by atoms with Gasteiger partial charge in [0.1, 0.15) is 0 Å². The second kappa shape index (κ2) is 17.9. The van der Waals surface area contributed by atoms with Crippen LogP contribution in [0.4, 0.5) is 0 Å². The predicted octanol–water partition coefficient (Wildman–Crippen LogP) is 5.85. The number of nitrogens with one attached hydrogen (secondary N) is 1. The van der Waals surface area contributed by atoms with Gasteiger partial charge in [0.2, 0.25) is 0 Å². The molecule has 4 N–H and O–H groups in total. The lowest BCUT2D eigenvalue weighted by Crippen LogP contribution is -2.26. The fourth-order valence-corrected chi connectivity index (χ4v) is 2.50. The van der Waals surface area contributed by atoms with Crippen LogP contribution < -0.4 is 11.5 Å². The van der Waals surface area contributed by atoms with Gasteiger partial charge in [-0.3, -0.25) is 0 Å². The van der Waals surface area contributed by atoms with Gasteiger partial charge >= 0.3 is 0 Å². The summed E-state index contributed by atoms with van der Waals surface area (Å²) in [4.78, 5) is 0. The number of hydrogen-bond acceptors (Lipinski definition) is 2. The molecule has 0 aromatic rings. The molecule has 0 heterocycles. The van der Waals surface area contributed by atoms with E-state index in [2.05, 4.69) is 26.1 Å². The Kier molecular flexibility index (Phi) is 20.0. The molecule has 0 fully saturated rings. The highest BCUT2D eigenvalue weighted by Crippen LogP contribution is 2.10. The third-order valence-corrected chi connectivity index (χ3v) is 3.74. The summed E-state index contributed by atoms with van der Waals surface area (Å²) in [5.41, 5.74) is 0. The van der Waals surface area contributed by atoms with Crippen molar-refractivity contribution in [3.8, 4) is 0 Å². The molecule has 0 aromatic carbocycles. The molecule has 1 unspecified atom stereocenters. The van der Waals surface area contributed by atoms with Crippen molar-refractivity contribution in [2.45, 2.75) is 104 Å². The zero-order valence-electron chi connectivity index (χ0n) is 14.0. The fourth-order valence-electron chi connectivity index (χ4n) is 2.50. The zero-order valence-corrected chi connectivity index (χ0v) is 14.0. The molecule has 2 nitrogen and oxygen atoms in total. The van der Waals surface area contributed by atoms with Crippen molar-refractivity contribution in [2.24, 2.45) is 0 Å². The van der Waals surface area contributed by atoms with Gasteiger partial charge in [-0.25, -0.2) is 0 Å².